The van der Waals surface area contributed by atoms with Crippen LogP contribution in [-0.2, 0) is 4.74 Å². The van der Waals surface area contributed by atoms with Gasteiger partial charge >= 0.3 is 0 Å². The molecule has 20 heavy (non-hydrogen) atoms. The summed E-state index contributed by atoms with van der Waals surface area (Å²) in [5, 5.41) is 9.32. The van der Waals surface area contributed by atoms with Gasteiger partial charge in [0.1, 0.15) is 11.6 Å². The molecule has 1 heterocycles. The van der Waals surface area contributed by atoms with Gasteiger partial charge in [-0.25, -0.2) is 4.39 Å². The van der Waals surface area contributed by atoms with Gasteiger partial charge in [-0.2, -0.15) is 0 Å². The Kier molecular flexibility index (Phi) is 3.82. The van der Waals surface area contributed by atoms with Gasteiger partial charge in [0.05, 0.1) is 11.2 Å². The van der Waals surface area contributed by atoms with Crippen molar-refractivity contribution >= 4 is 0 Å². The van der Waals surface area contributed by atoms with E-state index in [9.17, 15) is 9.50 Å². The van der Waals surface area contributed by atoms with Gasteiger partial charge in [-0.15, -0.1) is 0 Å². The van der Waals surface area contributed by atoms with Crippen molar-refractivity contribution < 1.29 is 14.2 Å². The second-order valence-electron chi connectivity index (χ2n) is 6.91. The van der Waals surface area contributed by atoms with E-state index in [2.05, 4.69) is 32.6 Å². The molecule has 1 aliphatic heterocycles. The number of phenolic OH excluding ortho intramolecular Hbond substituents is 1. The summed E-state index contributed by atoms with van der Waals surface area (Å²) < 4.78 is 20.1. The molecule has 0 saturated carbocycles. The van der Waals surface area contributed by atoms with E-state index in [1.165, 1.54) is 12.1 Å². The molecule has 0 aromatic heterocycles. The average Bonchev–Trinajstić information content (AvgIpc) is 2.23. The second-order valence-corrected chi connectivity index (χ2v) is 6.91. The molecule has 1 aromatic rings. The first-order valence-corrected chi connectivity index (χ1v) is 7.02. The lowest BCUT2D eigenvalue weighted by molar-refractivity contribution is -0.187. The molecule has 1 saturated heterocycles. The fraction of sp³-hybridized carbons (Fsp3) is 0.625. The van der Waals surface area contributed by atoms with Crippen molar-refractivity contribution in [3.05, 3.63) is 29.6 Å². The summed E-state index contributed by atoms with van der Waals surface area (Å²) in [6, 6.07) is 4.30. The predicted octanol–water partition coefficient (Wildman–Crippen LogP) is 3.48. The minimum Gasteiger partial charge on any atom is -0.508 e. The van der Waals surface area contributed by atoms with Gasteiger partial charge in [0.2, 0.25) is 0 Å². The number of halogens is 1. The van der Waals surface area contributed by atoms with E-state index in [4.69, 9.17) is 4.74 Å². The monoisotopic (exact) mass is 281 g/mol. The predicted molar refractivity (Wildman–Crippen MR) is 77.3 cm³/mol. The van der Waals surface area contributed by atoms with E-state index in [-0.39, 0.29) is 28.8 Å². The Balaban J connectivity index is 2.26. The third-order valence-corrected chi connectivity index (χ3v) is 3.70. The van der Waals surface area contributed by atoms with Crippen molar-refractivity contribution in [2.24, 2.45) is 0 Å². The zero-order chi connectivity index (χ0) is 15.1. The molecule has 4 heteroatoms. The van der Waals surface area contributed by atoms with Crippen LogP contribution in [0.4, 0.5) is 4.39 Å². The molecule has 0 bridgehead atoms. The lowest BCUT2D eigenvalue weighted by Crippen LogP contribution is -2.57. The smallest absolute Gasteiger partial charge is 0.131 e. The van der Waals surface area contributed by atoms with E-state index in [1.54, 1.807) is 6.07 Å². The molecule has 0 amide bonds. The number of benzene rings is 1. The van der Waals surface area contributed by atoms with Crippen LogP contribution in [0.5, 0.6) is 5.75 Å². The van der Waals surface area contributed by atoms with Crippen LogP contribution in [0.15, 0.2) is 18.2 Å². The number of hydrogen-bond acceptors (Lipinski definition) is 3. The van der Waals surface area contributed by atoms with Crippen LogP contribution in [0.3, 0.4) is 0 Å². The van der Waals surface area contributed by atoms with Crippen molar-refractivity contribution in [2.75, 3.05) is 13.1 Å². The number of ether oxygens (including phenoxy) is 1. The molecule has 3 nitrogen and oxygen atoms in total. The zero-order valence-electron chi connectivity index (χ0n) is 12.9. The molecule has 1 aromatic carbocycles. The number of phenols is 1. The topological polar surface area (TPSA) is 32.7 Å². The zero-order valence-corrected chi connectivity index (χ0v) is 12.9. The third-order valence-electron chi connectivity index (χ3n) is 3.70. The van der Waals surface area contributed by atoms with Gasteiger partial charge < -0.3 is 9.84 Å². The van der Waals surface area contributed by atoms with Crippen molar-refractivity contribution in [1.82, 2.24) is 4.90 Å². The summed E-state index contributed by atoms with van der Waals surface area (Å²) in [4.78, 5) is 2.24. The largest absolute Gasteiger partial charge is 0.508 e. The maximum Gasteiger partial charge on any atom is 0.131 e. The Hall–Kier alpha value is -1.13. The third kappa shape index (κ3) is 3.30. The number of nitrogens with zero attached hydrogens (tertiary/aromatic N) is 1. The minimum absolute atomic E-state index is 0.0407. The molecule has 1 atom stereocenters. The highest BCUT2D eigenvalue weighted by molar-refractivity contribution is 5.29. The summed E-state index contributed by atoms with van der Waals surface area (Å²) >= 11 is 0. The minimum atomic E-state index is -0.361. The normalized spacial score (nSPS) is 23.5. The van der Waals surface area contributed by atoms with Crippen molar-refractivity contribution in [2.45, 2.75) is 51.9 Å². The summed E-state index contributed by atoms with van der Waals surface area (Å²) in [5.74, 6) is -0.402. The van der Waals surface area contributed by atoms with Crippen LogP contribution in [-0.4, -0.2) is 34.3 Å². The van der Waals surface area contributed by atoms with E-state index in [1.807, 2.05) is 6.92 Å². The molecule has 0 aliphatic carbocycles. The molecular weight excluding hydrogens is 257 g/mol. The lowest BCUT2D eigenvalue weighted by atomic mass is 9.95. The molecule has 112 valence electrons. The maximum atomic E-state index is 14.0. The molecule has 1 N–H and O–H groups in total. The Morgan fingerprint density at radius 2 is 1.75 bits per heavy atom. The van der Waals surface area contributed by atoms with Gasteiger partial charge in [-0.1, -0.05) is 6.07 Å². The van der Waals surface area contributed by atoms with Crippen LogP contribution in [0, 0.1) is 5.82 Å². The maximum absolute atomic E-state index is 14.0. The molecule has 1 unspecified atom stereocenters. The van der Waals surface area contributed by atoms with Gasteiger partial charge in [0.25, 0.3) is 0 Å². The lowest BCUT2D eigenvalue weighted by Gasteiger charge is -2.49. The standard InChI is InChI=1S/C16H24FNO2/c1-11(13-7-6-12(19)8-14(13)17)18-9-15(2,3)20-16(4,5)10-18/h6-8,11,19H,9-10H2,1-5H3. The van der Waals surface area contributed by atoms with E-state index in [0.717, 1.165) is 13.1 Å². The first kappa shape index (κ1) is 15.3. The number of rotatable bonds is 2. The van der Waals surface area contributed by atoms with Crippen LogP contribution < -0.4 is 0 Å². The molecule has 1 fully saturated rings. The number of morpholine rings is 1. The van der Waals surface area contributed by atoms with Crippen molar-refractivity contribution in [1.29, 1.82) is 0 Å². The number of hydrogen-bond donors (Lipinski definition) is 1. The highest BCUT2D eigenvalue weighted by Crippen LogP contribution is 2.34. The quantitative estimate of drug-likeness (QED) is 0.901. The van der Waals surface area contributed by atoms with Gasteiger partial charge in [0.15, 0.2) is 0 Å². The highest BCUT2D eigenvalue weighted by Gasteiger charge is 2.40. The van der Waals surface area contributed by atoms with Crippen LogP contribution in [0.1, 0.15) is 46.2 Å². The van der Waals surface area contributed by atoms with Gasteiger partial charge in [0, 0.05) is 30.8 Å². The van der Waals surface area contributed by atoms with Crippen LogP contribution >= 0.6 is 0 Å². The van der Waals surface area contributed by atoms with Gasteiger partial charge in [-0.05, 0) is 40.7 Å². The fourth-order valence-electron chi connectivity index (χ4n) is 3.17. The molecule has 0 spiro atoms. The second kappa shape index (κ2) is 5.01. The van der Waals surface area contributed by atoms with Gasteiger partial charge in [-0.3, -0.25) is 4.90 Å². The summed E-state index contributed by atoms with van der Waals surface area (Å²) in [6.45, 7) is 11.7. The Morgan fingerprint density at radius 1 is 1.20 bits per heavy atom. The molecule has 2 rings (SSSR count). The molecule has 1 aliphatic rings. The Bertz CT molecular complexity index is 483. The van der Waals surface area contributed by atoms with Crippen LogP contribution in [0.2, 0.25) is 0 Å². The van der Waals surface area contributed by atoms with Crippen LogP contribution in [0.25, 0.3) is 0 Å². The van der Waals surface area contributed by atoms with Crippen molar-refractivity contribution in [3.8, 4) is 5.75 Å². The van der Waals surface area contributed by atoms with E-state index >= 15 is 0 Å². The average molecular weight is 281 g/mol. The van der Waals surface area contributed by atoms with E-state index in [0.29, 0.717) is 5.56 Å². The SMILES string of the molecule is CC(c1ccc(O)cc1F)N1CC(C)(C)OC(C)(C)C1. The first-order chi connectivity index (χ1) is 9.10. The number of aromatic hydroxyl groups is 1. The Labute approximate surface area is 120 Å². The summed E-state index contributed by atoms with van der Waals surface area (Å²) in [5.41, 5.74) is 0.0867. The van der Waals surface area contributed by atoms with Crippen molar-refractivity contribution in [3.63, 3.8) is 0 Å². The molecule has 0 radical (unpaired) electrons. The summed E-state index contributed by atoms with van der Waals surface area (Å²) in [6.07, 6.45) is 0. The Morgan fingerprint density at radius 3 is 2.25 bits per heavy atom. The molecular formula is C16H24FNO2. The fourth-order valence-corrected chi connectivity index (χ4v) is 3.17. The highest BCUT2D eigenvalue weighted by atomic mass is 19.1. The van der Waals surface area contributed by atoms with E-state index < -0.39 is 0 Å². The first-order valence-electron chi connectivity index (χ1n) is 7.02. The summed E-state index contributed by atoms with van der Waals surface area (Å²) in [7, 11) is 0.